The minimum atomic E-state index is -0.525. The minimum absolute atomic E-state index is 0.00585. The summed E-state index contributed by atoms with van der Waals surface area (Å²) in [6, 6.07) is 47.1. The Hall–Kier alpha value is -6.30. The molecule has 0 aromatic heterocycles. The predicted molar refractivity (Wildman–Crippen MR) is 225 cm³/mol. The Morgan fingerprint density at radius 1 is 0.545 bits per heavy atom. The van der Waals surface area contributed by atoms with Crippen LogP contribution < -0.4 is 16.0 Å². The highest BCUT2D eigenvalue weighted by molar-refractivity contribution is 8.86. The van der Waals surface area contributed by atoms with Gasteiger partial charge in [-0.25, -0.2) is 14.6 Å². The lowest BCUT2D eigenvalue weighted by atomic mass is 9.98. The summed E-state index contributed by atoms with van der Waals surface area (Å²) in [4.78, 5) is 29.8. The van der Waals surface area contributed by atoms with E-state index in [2.05, 4.69) is 69.5 Å². The van der Waals surface area contributed by atoms with E-state index >= 15 is 0 Å². The molecule has 0 spiro atoms. The van der Waals surface area contributed by atoms with Crippen LogP contribution >= 0.6 is 21.6 Å². The van der Waals surface area contributed by atoms with Crippen molar-refractivity contribution in [1.29, 1.82) is 5.41 Å². The number of nitrogens with zero attached hydrogens (tertiary/aromatic N) is 1. The molecule has 6 aromatic rings. The van der Waals surface area contributed by atoms with E-state index in [0.717, 1.165) is 22.3 Å². The third-order valence-electron chi connectivity index (χ3n) is 9.57. The van der Waals surface area contributed by atoms with Crippen molar-refractivity contribution in [2.75, 3.05) is 29.2 Å². The van der Waals surface area contributed by atoms with Gasteiger partial charge in [0.25, 0.3) is 0 Å². The van der Waals surface area contributed by atoms with Crippen molar-refractivity contribution >= 4 is 67.2 Å². The van der Waals surface area contributed by atoms with Crippen LogP contribution in [0.15, 0.2) is 151 Å². The molecule has 0 saturated heterocycles. The molecule has 2 aliphatic rings. The van der Waals surface area contributed by atoms with Gasteiger partial charge >= 0.3 is 12.2 Å². The highest BCUT2D eigenvalue weighted by Crippen LogP contribution is 2.45. The third-order valence-corrected chi connectivity index (χ3v) is 11.2. The number of benzene rings is 6. The summed E-state index contributed by atoms with van der Waals surface area (Å²) in [5.74, 6) is -0.0170. The molecule has 9 nitrogen and oxygen atoms in total. The molecule has 272 valence electrons. The Labute approximate surface area is 326 Å². The largest absolute Gasteiger partial charge is 0.448 e. The summed E-state index contributed by atoms with van der Waals surface area (Å²) in [7, 11) is 2.50. The summed E-state index contributed by atoms with van der Waals surface area (Å²) < 4.78 is 11.3. The van der Waals surface area contributed by atoms with E-state index < -0.39 is 12.2 Å². The molecule has 0 fully saturated rings. The lowest BCUT2D eigenvalue weighted by molar-refractivity contribution is 0.157. The van der Waals surface area contributed by atoms with Crippen LogP contribution in [-0.4, -0.2) is 36.1 Å². The van der Waals surface area contributed by atoms with E-state index in [4.69, 9.17) is 14.9 Å². The van der Waals surface area contributed by atoms with Crippen molar-refractivity contribution in [3.63, 3.8) is 0 Å². The molecule has 8 rings (SSSR count). The van der Waals surface area contributed by atoms with Gasteiger partial charge in [0.1, 0.15) is 13.2 Å². The van der Waals surface area contributed by atoms with E-state index in [1.54, 1.807) is 54.1 Å². The third kappa shape index (κ3) is 8.13. The summed E-state index contributed by atoms with van der Waals surface area (Å²) in [6.07, 6.45) is -1.04. The van der Waals surface area contributed by atoms with E-state index in [1.165, 1.54) is 43.8 Å². The van der Waals surface area contributed by atoms with E-state index in [9.17, 15) is 9.59 Å². The van der Waals surface area contributed by atoms with Gasteiger partial charge in [0.05, 0.1) is 11.2 Å². The van der Waals surface area contributed by atoms with Gasteiger partial charge in [0, 0.05) is 28.9 Å². The highest BCUT2D eigenvalue weighted by atomic mass is 33.1. The summed E-state index contributed by atoms with van der Waals surface area (Å²) >= 11 is 0. The van der Waals surface area contributed by atoms with Crippen molar-refractivity contribution in [3.05, 3.63) is 168 Å². The number of nitrogens with one attached hydrogen (secondary N) is 4. The number of carbonyl (C=O) groups is 2. The molecule has 0 atom stereocenters. The Bertz CT molecular complexity index is 2310. The van der Waals surface area contributed by atoms with Crippen molar-refractivity contribution in [3.8, 4) is 22.3 Å². The first-order chi connectivity index (χ1) is 27.0. The van der Waals surface area contributed by atoms with Gasteiger partial charge in [-0.05, 0) is 115 Å². The molecule has 6 aromatic carbocycles. The number of aliphatic imine (C=N–C) groups is 1. The average Bonchev–Trinajstić information content (AvgIpc) is 3.71. The number of amides is 2. The molecule has 0 heterocycles. The number of ether oxygens (including phenoxy) is 2. The van der Waals surface area contributed by atoms with Crippen molar-refractivity contribution < 1.29 is 19.1 Å². The topological polar surface area (TPSA) is 125 Å². The van der Waals surface area contributed by atoms with Crippen molar-refractivity contribution in [2.45, 2.75) is 11.8 Å². The van der Waals surface area contributed by atoms with E-state index in [1.807, 2.05) is 48.5 Å². The van der Waals surface area contributed by atoms with Crippen LogP contribution in [0.1, 0.15) is 34.1 Å². The summed E-state index contributed by atoms with van der Waals surface area (Å²) in [5, 5.41) is 17.1. The van der Waals surface area contributed by atoms with Crippen LogP contribution in [0.4, 0.5) is 32.3 Å². The maximum atomic E-state index is 12.7. The van der Waals surface area contributed by atoms with Gasteiger partial charge in [-0.15, -0.1) is 0 Å². The van der Waals surface area contributed by atoms with Gasteiger partial charge in [-0.2, -0.15) is 0 Å². The van der Waals surface area contributed by atoms with Crippen molar-refractivity contribution in [1.82, 2.24) is 0 Å². The number of hydrogen-bond donors (Lipinski definition) is 4. The number of hydrogen-bond acceptors (Lipinski definition) is 8. The number of rotatable bonds is 10. The maximum absolute atomic E-state index is 12.7. The second-order valence-corrected chi connectivity index (χ2v) is 14.9. The maximum Gasteiger partial charge on any atom is 0.411 e. The van der Waals surface area contributed by atoms with Gasteiger partial charge in [0.15, 0.2) is 5.17 Å². The Kier molecular flexibility index (Phi) is 10.6. The van der Waals surface area contributed by atoms with Gasteiger partial charge in [-0.3, -0.25) is 16.0 Å². The molecule has 4 N–H and O–H groups in total. The van der Waals surface area contributed by atoms with Gasteiger partial charge in [0.2, 0.25) is 0 Å². The number of amidine groups is 1. The van der Waals surface area contributed by atoms with Gasteiger partial charge < -0.3 is 14.8 Å². The summed E-state index contributed by atoms with van der Waals surface area (Å²) in [6.45, 7) is 0.480. The molecule has 2 aliphatic carbocycles. The second kappa shape index (κ2) is 16.4. The first kappa shape index (κ1) is 35.7. The van der Waals surface area contributed by atoms with E-state index in [0.29, 0.717) is 22.7 Å². The molecular formula is C44H35N5O4S2. The fraction of sp³-hybridized carbons (Fsp3) is 0.0909. The van der Waals surface area contributed by atoms with E-state index in [-0.39, 0.29) is 30.2 Å². The molecule has 11 heteroatoms. The molecular weight excluding hydrogens is 727 g/mol. The monoisotopic (exact) mass is 761 g/mol. The molecule has 0 aliphatic heterocycles. The van der Waals surface area contributed by atoms with Crippen molar-refractivity contribution in [2.24, 2.45) is 4.99 Å². The van der Waals surface area contributed by atoms with Crippen LogP contribution in [0.5, 0.6) is 0 Å². The SMILES string of the molecule is N=C(Nc1ccc(NC(=O)OCC2c3ccccc3-c3ccccc32)cc1)SSC=Nc1ccc(NC(=O)OCC2c3ccccc3-c3ccccc32)cc1. The first-order valence-corrected chi connectivity index (χ1v) is 19.9. The fourth-order valence-corrected chi connectivity index (χ4v) is 8.21. The Morgan fingerprint density at radius 2 is 0.909 bits per heavy atom. The molecule has 2 amide bonds. The fourth-order valence-electron chi connectivity index (χ4n) is 7.08. The molecule has 0 unspecified atom stereocenters. The number of carbonyl (C=O) groups excluding carboxylic acids is 2. The predicted octanol–water partition coefficient (Wildman–Crippen LogP) is 11.5. The lowest BCUT2D eigenvalue weighted by Gasteiger charge is -2.15. The van der Waals surface area contributed by atoms with Gasteiger partial charge in [-0.1, -0.05) is 97.1 Å². The number of fused-ring (bicyclic) bond motifs is 6. The van der Waals surface area contributed by atoms with Crippen LogP contribution in [-0.2, 0) is 9.47 Å². The van der Waals surface area contributed by atoms with Crippen LogP contribution in [0.25, 0.3) is 22.3 Å². The molecule has 0 saturated carbocycles. The normalized spacial score (nSPS) is 12.7. The molecule has 55 heavy (non-hydrogen) atoms. The second-order valence-electron chi connectivity index (χ2n) is 12.9. The first-order valence-electron chi connectivity index (χ1n) is 17.7. The highest BCUT2D eigenvalue weighted by Gasteiger charge is 2.30. The quantitative estimate of drug-likeness (QED) is 0.0622. The molecule has 0 bridgehead atoms. The lowest BCUT2D eigenvalue weighted by Crippen LogP contribution is -2.17. The van der Waals surface area contributed by atoms with Crippen LogP contribution in [0.3, 0.4) is 0 Å². The molecule has 0 radical (unpaired) electrons. The zero-order valence-corrected chi connectivity index (χ0v) is 31.0. The zero-order chi connectivity index (χ0) is 37.6. The summed E-state index contributed by atoms with van der Waals surface area (Å²) in [5.41, 5.74) is 13.6. The Morgan fingerprint density at radius 3 is 1.33 bits per heavy atom. The zero-order valence-electron chi connectivity index (χ0n) is 29.4. The minimum Gasteiger partial charge on any atom is -0.448 e. The van der Waals surface area contributed by atoms with Crippen LogP contribution in [0.2, 0.25) is 0 Å². The number of anilines is 3. The smallest absolute Gasteiger partial charge is 0.411 e. The van der Waals surface area contributed by atoms with Crippen LogP contribution in [0, 0.1) is 5.41 Å². The Balaban J connectivity index is 0.745. The average molecular weight is 762 g/mol. The standard InChI is InChI=1S/C44H35N5O4S2/c45-42(47-29-21-23-31(24-22-29)49-44(51)53-26-41-38-15-7-3-11-34(38)35-12-4-8-16-39(35)41)55-54-27-46-28-17-19-30(20-18-28)48-43(50)52-25-40-36-13-5-1-9-32(36)33-10-2-6-14-37(33)40/h1-24,27,40-41H,25-26H2,(H2,45,47)(H,48,50)(H,49,51).